The largest absolute Gasteiger partial charge is 0.444 e. The predicted molar refractivity (Wildman–Crippen MR) is 119 cm³/mol. The summed E-state index contributed by atoms with van der Waals surface area (Å²) in [7, 11) is -3.41. The molecule has 182 valence electrons. The Bertz CT molecular complexity index is 1100. The van der Waals surface area contributed by atoms with Crippen molar-refractivity contribution in [2.24, 2.45) is 4.99 Å². The van der Waals surface area contributed by atoms with Crippen LogP contribution in [0.15, 0.2) is 23.2 Å². The number of amidine groups is 1. The van der Waals surface area contributed by atoms with E-state index in [4.69, 9.17) is 16.3 Å². The highest BCUT2D eigenvalue weighted by Crippen LogP contribution is 2.43. The van der Waals surface area contributed by atoms with Gasteiger partial charge in [0.1, 0.15) is 12.1 Å². The first-order valence-corrected chi connectivity index (χ1v) is 12.7. The van der Waals surface area contributed by atoms with Crippen LogP contribution < -0.4 is 10.2 Å². The summed E-state index contributed by atoms with van der Waals surface area (Å²) >= 11 is 6.70. The van der Waals surface area contributed by atoms with Gasteiger partial charge in [-0.1, -0.05) is 23.4 Å². The summed E-state index contributed by atoms with van der Waals surface area (Å²) in [6.07, 6.45) is -5.56. The fourth-order valence-electron chi connectivity index (χ4n) is 3.35. The molecule has 3 rings (SSSR count). The number of sulfone groups is 1. The van der Waals surface area contributed by atoms with Gasteiger partial charge in [-0.25, -0.2) is 13.2 Å². The summed E-state index contributed by atoms with van der Waals surface area (Å²) in [6.45, 7) is 4.44. The van der Waals surface area contributed by atoms with E-state index in [9.17, 15) is 31.2 Å². The molecule has 2 fully saturated rings. The summed E-state index contributed by atoms with van der Waals surface area (Å²) < 4.78 is 69.4. The lowest BCUT2D eigenvalue weighted by Gasteiger charge is -2.25. The normalized spacial score (nSPS) is 23.5. The number of alkyl carbamates (subject to hydrolysis) is 1. The van der Waals surface area contributed by atoms with Crippen LogP contribution in [0.1, 0.15) is 26.3 Å². The van der Waals surface area contributed by atoms with Crippen LogP contribution in [-0.4, -0.2) is 60.5 Å². The number of halogens is 4. The second-order valence-electron chi connectivity index (χ2n) is 8.48. The summed E-state index contributed by atoms with van der Waals surface area (Å²) in [6, 6.07) is 2.47. The molecular formula is C19H21ClF3N3O5S2. The van der Waals surface area contributed by atoms with Gasteiger partial charge in [0.25, 0.3) is 5.91 Å². The van der Waals surface area contributed by atoms with Gasteiger partial charge in [0, 0.05) is 10.9 Å². The minimum Gasteiger partial charge on any atom is -0.444 e. The zero-order chi connectivity index (χ0) is 24.8. The number of nitrogens with one attached hydrogen (secondary N) is 1. The molecule has 0 unspecified atom stereocenters. The third-order valence-electron chi connectivity index (χ3n) is 4.60. The number of alkyl halides is 3. The third kappa shape index (κ3) is 6.33. The number of fused-ring (bicyclic) bond motifs is 1. The molecule has 0 saturated carbocycles. The van der Waals surface area contributed by atoms with Gasteiger partial charge in [0.05, 0.1) is 28.1 Å². The van der Waals surface area contributed by atoms with Crippen LogP contribution in [-0.2, 0) is 25.5 Å². The summed E-state index contributed by atoms with van der Waals surface area (Å²) in [5, 5.41) is 1.29. The molecule has 33 heavy (non-hydrogen) atoms. The van der Waals surface area contributed by atoms with E-state index in [0.717, 1.165) is 23.9 Å². The van der Waals surface area contributed by atoms with Gasteiger partial charge in [-0.05, 0) is 39.0 Å². The SMILES string of the molecule is CC(C)(C)OC(=O)NCC(=O)N=C1S[C@H]2CS(=O)(=O)C[C@H]2N1c1ccc(Cl)c(C(F)(F)F)c1. The lowest BCUT2D eigenvalue weighted by Crippen LogP contribution is -2.38. The molecule has 2 aliphatic heterocycles. The average molecular weight is 528 g/mol. The second-order valence-corrected chi connectivity index (χ2v) is 12.2. The zero-order valence-corrected chi connectivity index (χ0v) is 20.2. The molecule has 2 atom stereocenters. The molecule has 0 aromatic heterocycles. The van der Waals surface area contributed by atoms with Crippen molar-refractivity contribution < 1.29 is 35.9 Å². The Morgan fingerprint density at radius 3 is 2.55 bits per heavy atom. The Morgan fingerprint density at radius 2 is 1.94 bits per heavy atom. The van der Waals surface area contributed by atoms with Crippen LogP contribution in [0, 0.1) is 0 Å². The quantitative estimate of drug-likeness (QED) is 0.641. The number of carbonyl (C=O) groups excluding carboxylic acids is 2. The number of nitrogens with zero attached hydrogens (tertiary/aromatic N) is 2. The third-order valence-corrected chi connectivity index (χ3v) is 8.14. The van der Waals surface area contributed by atoms with Crippen molar-refractivity contribution in [2.75, 3.05) is 23.0 Å². The number of aliphatic imine (C=N–C) groups is 1. The number of benzene rings is 1. The molecule has 2 heterocycles. The van der Waals surface area contributed by atoms with Crippen LogP contribution in [0.4, 0.5) is 23.7 Å². The van der Waals surface area contributed by atoms with Gasteiger partial charge in [0.2, 0.25) is 0 Å². The molecule has 0 aliphatic carbocycles. The van der Waals surface area contributed by atoms with Gasteiger partial charge >= 0.3 is 12.3 Å². The molecule has 0 spiro atoms. The maximum atomic E-state index is 13.4. The number of carbonyl (C=O) groups is 2. The second kappa shape index (κ2) is 8.99. The van der Waals surface area contributed by atoms with Crippen LogP contribution in [0.5, 0.6) is 0 Å². The fraction of sp³-hybridized carbons (Fsp3) is 0.526. The first-order valence-electron chi connectivity index (χ1n) is 9.67. The van der Waals surface area contributed by atoms with E-state index in [2.05, 4.69) is 10.3 Å². The van der Waals surface area contributed by atoms with Gasteiger partial charge < -0.3 is 15.0 Å². The molecule has 0 bridgehead atoms. The zero-order valence-electron chi connectivity index (χ0n) is 17.8. The minimum atomic E-state index is -4.73. The number of thioether (sulfide) groups is 1. The van der Waals surface area contributed by atoms with E-state index in [1.54, 1.807) is 20.8 Å². The van der Waals surface area contributed by atoms with Crippen molar-refractivity contribution in [1.29, 1.82) is 0 Å². The van der Waals surface area contributed by atoms with Gasteiger partial charge in [0.15, 0.2) is 15.0 Å². The lowest BCUT2D eigenvalue weighted by molar-refractivity contribution is -0.137. The van der Waals surface area contributed by atoms with E-state index >= 15 is 0 Å². The summed E-state index contributed by atoms with van der Waals surface area (Å²) in [4.78, 5) is 29.4. The number of ether oxygens (including phenoxy) is 1. The summed E-state index contributed by atoms with van der Waals surface area (Å²) in [5.41, 5.74) is -1.85. The smallest absolute Gasteiger partial charge is 0.417 e. The summed E-state index contributed by atoms with van der Waals surface area (Å²) in [5.74, 6) is -1.26. The molecule has 1 aromatic rings. The van der Waals surface area contributed by atoms with Crippen LogP contribution in [0.3, 0.4) is 0 Å². The monoisotopic (exact) mass is 527 g/mol. The van der Waals surface area contributed by atoms with Crippen molar-refractivity contribution in [3.8, 4) is 0 Å². The molecular weight excluding hydrogens is 507 g/mol. The molecule has 14 heteroatoms. The highest BCUT2D eigenvalue weighted by molar-refractivity contribution is 8.16. The van der Waals surface area contributed by atoms with E-state index in [-0.39, 0.29) is 22.4 Å². The van der Waals surface area contributed by atoms with Crippen molar-refractivity contribution in [1.82, 2.24) is 5.32 Å². The molecule has 1 N–H and O–H groups in total. The lowest BCUT2D eigenvalue weighted by atomic mass is 10.1. The van der Waals surface area contributed by atoms with Crippen molar-refractivity contribution >= 4 is 56.1 Å². The van der Waals surface area contributed by atoms with Gasteiger partial charge in [-0.3, -0.25) is 4.79 Å². The van der Waals surface area contributed by atoms with Gasteiger partial charge in [-0.2, -0.15) is 18.2 Å². The van der Waals surface area contributed by atoms with E-state index in [1.165, 1.54) is 11.0 Å². The number of amides is 2. The van der Waals surface area contributed by atoms with Crippen molar-refractivity contribution in [3.63, 3.8) is 0 Å². The number of rotatable bonds is 3. The first kappa shape index (κ1) is 25.6. The van der Waals surface area contributed by atoms with E-state index in [0.29, 0.717) is 0 Å². The minimum absolute atomic E-state index is 0.00970. The highest BCUT2D eigenvalue weighted by Gasteiger charge is 2.49. The Hall–Kier alpha value is -1.99. The van der Waals surface area contributed by atoms with Crippen LogP contribution in [0.2, 0.25) is 5.02 Å². The van der Waals surface area contributed by atoms with Crippen molar-refractivity contribution in [3.05, 3.63) is 28.8 Å². The molecule has 2 saturated heterocycles. The van der Waals surface area contributed by atoms with Crippen LogP contribution in [0.25, 0.3) is 0 Å². The Labute approximate surface area is 197 Å². The molecule has 2 amide bonds. The maximum absolute atomic E-state index is 13.4. The fourth-order valence-corrected chi connectivity index (χ4v) is 7.51. The molecule has 0 radical (unpaired) electrons. The molecule has 1 aromatic carbocycles. The van der Waals surface area contributed by atoms with E-state index < -0.39 is 62.0 Å². The number of anilines is 1. The van der Waals surface area contributed by atoms with Crippen LogP contribution >= 0.6 is 23.4 Å². The van der Waals surface area contributed by atoms with E-state index in [1.807, 2.05) is 0 Å². The maximum Gasteiger partial charge on any atom is 0.417 e. The molecule has 2 aliphatic rings. The topological polar surface area (TPSA) is 105 Å². The highest BCUT2D eigenvalue weighted by atomic mass is 35.5. The Kier molecular flexibility index (Phi) is 6.98. The Morgan fingerprint density at radius 1 is 1.27 bits per heavy atom. The molecule has 8 nitrogen and oxygen atoms in total. The Balaban J connectivity index is 1.88. The number of hydrogen-bond acceptors (Lipinski definition) is 6. The standard InChI is InChI=1S/C19H21ClF3N3O5S2/c1-18(2,3)31-17(28)24-7-15(27)25-16-26(13-8-33(29,30)9-14(13)32-16)10-4-5-12(20)11(6-10)19(21,22)23/h4-6,13-14H,7-9H2,1-3H3,(H,24,28)/t13-,14+/m1/s1. The van der Waals surface area contributed by atoms with Gasteiger partial charge in [-0.15, -0.1) is 0 Å². The average Bonchev–Trinajstić information content (AvgIpc) is 3.09. The first-order chi connectivity index (χ1) is 15.1. The number of hydrogen-bond donors (Lipinski definition) is 1. The van der Waals surface area contributed by atoms with Crippen molar-refractivity contribution in [2.45, 2.75) is 43.8 Å². The predicted octanol–water partition coefficient (Wildman–Crippen LogP) is 3.48.